The molecule has 0 unspecified atom stereocenters. The Morgan fingerprint density at radius 3 is 2.45 bits per heavy atom. The lowest BCUT2D eigenvalue weighted by Crippen LogP contribution is -2.11. The molecular formula is C19H23N. The molecule has 1 heteroatoms. The summed E-state index contributed by atoms with van der Waals surface area (Å²) in [5, 5.41) is 3.48. The van der Waals surface area contributed by atoms with Crippen LogP contribution in [0.4, 0.5) is 5.69 Å². The molecule has 2 aromatic carbocycles. The van der Waals surface area contributed by atoms with Gasteiger partial charge in [0.1, 0.15) is 0 Å². The van der Waals surface area contributed by atoms with Gasteiger partial charge >= 0.3 is 0 Å². The van der Waals surface area contributed by atoms with Gasteiger partial charge in [0, 0.05) is 12.2 Å². The Labute approximate surface area is 122 Å². The van der Waals surface area contributed by atoms with Crippen molar-refractivity contribution in [2.75, 3.05) is 11.9 Å². The van der Waals surface area contributed by atoms with Gasteiger partial charge in [0.25, 0.3) is 0 Å². The standard InChI is InChI=1S/C19H23N/c1-3-14-7-8-16(12-15(14)4-2)17-9-10-19-18(13-17)6-5-11-20-19/h7-10,12-13,20H,3-6,11H2,1-2H3. The summed E-state index contributed by atoms with van der Waals surface area (Å²) >= 11 is 0. The van der Waals surface area contributed by atoms with Crippen LogP contribution >= 0.6 is 0 Å². The van der Waals surface area contributed by atoms with Gasteiger partial charge in [-0.2, -0.15) is 0 Å². The molecule has 1 N–H and O–H groups in total. The summed E-state index contributed by atoms with van der Waals surface area (Å²) in [5.41, 5.74) is 8.46. The second-order valence-electron chi connectivity index (χ2n) is 5.59. The van der Waals surface area contributed by atoms with Gasteiger partial charge in [0.2, 0.25) is 0 Å². The number of rotatable bonds is 3. The third-order valence-corrected chi connectivity index (χ3v) is 4.34. The number of fused-ring (bicyclic) bond motifs is 1. The first-order valence-electron chi connectivity index (χ1n) is 7.80. The molecule has 1 aliphatic rings. The highest BCUT2D eigenvalue weighted by atomic mass is 14.9. The Hall–Kier alpha value is -1.76. The average Bonchev–Trinajstić information content (AvgIpc) is 2.53. The molecule has 1 nitrogen and oxygen atoms in total. The molecule has 20 heavy (non-hydrogen) atoms. The summed E-state index contributed by atoms with van der Waals surface area (Å²) in [4.78, 5) is 0. The summed E-state index contributed by atoms with van der Waals surface area (Å²) < 4.78 is 0. The summed E-state index contributed by atoms with van der Waals surface area (Å²) in [6.45, 7) is 5.59. The first-order chi connectivity index (χ1) is 9.81. The molecule has 0 aliphatic carbocycles. The van der Waals surface area contributed by atoms with Crippen LogP contribution in [0.3, 0.4) is 0 Å². The molecule has 0 saturated carbocycles. The van der Waals surface area contributed by atoms with E-state index in [1.165, 1.54) is 46.3 Å². The lowest BCUT2D eigenvalue weighted by atomic mass is 9.94. The molecule has 0 atom stereocenters. The van der Waals surface area contributed by atoms with Gasteiger partial charge in [0.05, 0.1) is 0 Å². The summed E-state index contributed by atoms with van der Waals surface area (Å²) in [6, 6.07) is 13.8. The van der Waals surface area contributed by atoms with E-state index in [4.69, 9.17) is 0 Å². The van der Waals surface area contributed by atoms with Crippen molar-refractivity contribution in [1.82, 2.24) is 0 Å². The smallest absolute Gasteiger partial charge is 0.0373 e. The van der Waals surface area contributed by atoms with E-state index in [9.17, 15) is 0 Å². The van der Waals surface area contributed by atoms with E-state index in [2.05, 4.69) is 55.6 Å². The number of benzene rings is 2. The van der Waals surface area contributed by atoms with Crippen LogP contribution in [0.15, 0.2) is 36.4 Å². The van der Waals surface area contributed by atoms with Crippen molar-refractivity contribution in [3.8, 4) is 11.1 Å². The molecule has 0 saturated heterocycles. The molecule has 0 radical (unpaired) electrons. The van der Waals surface area contributed by atoms with Crippen molar-refractivity contribution in [2.45, 2.75) is 39.5 Å². The molecule has 0 aromatic heterocycles. The van der Waals surface area contributed by atoms with Crippen molar-refractivity contribution in [3.05, 3.63) is 53.1 Å². The van der Waals surface area contributed by atoms with Gasteiger partial charge in [-0.1, -0.05) is 38.1 Å². The van der Waals surface area contributed by atoms with Crippen LogP contribution in [0.5, 0.6) is 0 Å². The van der Waals surface area contributed by atoms with E-state index in [0.29, 0.717) is 0 Å². The van der Waals surface area contributed by atoms with Crippen molar-refractivity contribution < 1.29 is 0 Å². The van der Waals surface area contributed by atoms with Crippen LogP contribution in [0.1, 0.15) is 37.0 Å². The molecule has 1 heterocycles. The van der Waals surface area contributed by atoms with E-state index in [1.807, 2.05) is 0 Å². The number of hydrogen-bond donors (Lipinski definition) is 1. The number of nitrogens with one attached hydrogen (secondary N) is 1. The van der Waals surface area contributed by atoms with Crippen LogP contribution in [0.25, 0.3) is 11.1 Å². The second kappa shape index (κ2) is 5.70. The van der Waals surface area contributed by atoms with Crippen molar-refractivity contribution in [1.29, 1.82) is 0 Å². The third kappa shape index (κ3) is 2.45. The Morgan fingerprint density at radius 2 is 1.65 bits per heavy atom. The highest BCUT2D eigenvalue weighted by Gasteiger charge is 2.10. The Morgan fingerprint density at radius 1 is 0.900 bits per heavy atom. The molecule has 3 rings (SSSR count). The molecule has 104 valence electrons. The average molecular weight is 265 g/mol. The first-order valence-corrected chi connectivity index (χ1v) is 7.80. The van der Waals surface area contributed by atoms with Crippen LogP contribution in [-0.4, -0.2) is 6.54 Å². The Balaban J connectivity index is 2.00. The third-order valence-electron chi connectivity index (χ3n) is 4.34. The minimum absolute atomic E-state index is 1.11. The fraction of sp³-hybridized carbons (Fsp3) is 0.368. The fourth-order valence-corrected chi connectivity index (χ4v) is 3.13. The molecule has 0 fully saturated rings. The minimum Gasteiger partial charge on any atom is -0.385 e. The minimum atomic E-state index is 1.11. The van der Waals surface area contributed by atoms with Gasteiger partial charge in [-0.05, 0) is 65.6 Å². The molecule has 0 spiro atoms. The number of aryl methyl sites for hydroxylation is 3. The SMILES string of the molecule is CCc1ccc(-c2ccc3c(c2)CCCN3)cc1CC. The largest absolute Gasteiger partial charge is 0.385 e. The van der Waals surface area contributed by atoms with Crippen LogP contribution in [-0.2, 0) is 19.3 Å². The van der Waals surface area contributed by atoms with Crippen molar-refractivity contribution in [3.63, 3.8) is 0 Å². The highest BCUT2D eigenvalue weighted by molar-refractivity contribution is 5.70. The highest BCUT2D eigenvalue weighted by Crippen LogP contribution is 2.29. The quantitative estimate of drug-likeness (QED) is 0.837. The van der Waals surface area contributed by atoms with Gasteiger partial charge in [-0.3, -0.25) is 0 Å². The Bertz CT molecular complexity index is 576. The lowest BCUT2D eigenvalue weighted by molar-refractivity contribution is 0.830. The zero-order valence-electron chi connectivity index (χ0n) is 12.5. The lowest BCUT2D eigenvalue weighted by Gasteiger charge is -2.19. The van der Waals surface area contributed by atoms with Crippen molar-refractivity contribution in [2.24, 2.45) is 0 Å². The molecular weight excluding hydrogens is 242 g/mol. The topological polar surface area (TPSA) is 12.0 Å². The zero-order chi connectivity index (χ0) is 13.9. The predicted molar refractivity (Wildman–Crippen MR) is 87.4 cm³/mol. The summed E-state index contributed by atoms with van der Waals surface area (Å²) in [7, 11) is 0. The molecule has 0 bridgehead atoms. The van der Waals surface area contributed by atoms with Crippen LogP contribution in [0.2, 0.25) is 0 Å². The fourth-order valence-electron chi connectivity index (χ4n) is 3.13. The van der Waals surface area contributed by atoms with E-state index >= 15 is 0 Å². The zero-order valence-corrected chi connectivity index (χ0v) is 12.5. The van der Waals surface area contributed by atoms with E-state index < -0.39 is 0 Å². The van der Waals surface area contributed by atoms with Crippen molar-refractivity contribution >= 4 is 5.69 Å². The Kier molecular flexibility index (Phi) is 3.77. The maximum Gasteiger partial charge on any atom is 0.0373 e. The maximum atomic E-state index is 3.48. The van der Waals surface area contributed by atoms with E-state index in [-0.39, 0.29) is 0 Å². The number of hydrogen-bond acceptors (Lipinski definition) is 1. The van der Waals surface area contributed by atoms with E-state index in [0.717, 1.165) is 19.4 Å². The first kappa shape index (κ1) is 13.2. The molecule has 0 amide bonds. The summed E-state index contributed by atoms with van der Waals surface area (Å²) in [6.07, 6.45) is 4.68. The summed E-state index contributed by atoms with van der Waals surface area (Å²) in [5.74, 6) is 0. The van der Waals surface area contributed by atoms with Gasteiger partial charge < -0.3 is 5.32 Å². The van der Waals surface area contributed by atoms with Gasteiger partial charge in [-0.25, -0.2) is 0 Å². The van der Waals surface area contributed by atoms with Gasteiger partial charge in [0.15, 0.2) is 0 Å². The normalized spacial score (nSPS) is 13.7. The predicted octanol–water partition coefficient (Wildman–Crippen LogP) is 4.84. The molecule has 1 aliphatic heterocycles. The second-order valence-corrected chi connectivity index (χ2v) is 5.59. The number of anilines is 1. The van der Waals surface area contributed by atoms with E-state index in [1.54, 1.807) is 0 Å². The molecule has 2 aromatic rings. The van der Waals surface area contributed by atoms with Crippen LogP contribution in [0, 0.1) is 0 Å². The maximum absolute atomic E-state index is 3.48. The van der Waals surface area contributed by atoms with Gasteiger partial charge in [-0.15, -0.1) is 0 Å². The monoisotopic (exact) mass is 265 g/mol. The van der Waals surface area contributed by atoms with Crippen LogP contribution < -0.4 is 5.32 Å².